The molecule has 27 heavy (non-hydrogen) atoms. The van der Waals surface area contributed by atoms with Gasteiger partial charge in [0, 0.05) is 5.21 Å². The number of carbonyl (C=O) groups excluding carboxylic acids is 3. The Kier molecular flexibility index (Phi) is 7.45. The van der Waals surface area contributed by atoms with E-state index in [0.29, 0.717) is 0 Å². The van der Waals surface area contributed by atoms with Gasteiger partial charge in [0.1, 0.15) is 50.4 Å². The van der Waals surface area contributed by atoms with Crippen LogP contribution >= 0.6 is 0 Å². The lowest BCUT2D eigenvalue weighted by Crippen LogP contribution is -2.68. The summed E-state index contributed by atoms with van der Waals surface area (Å²) in [4.78, 5) is 38.1. The largest absolute Gasteiger partial charge is 0.470 e. The number of methoxy groups -OCH3 is 1. The number of carbonyl (C=O) groups is 3. The Morgan fingerprint density at radius 1 is 0.741 bits per heavy atom. The Bertz CT molecular complexity index is 596. The van der Waals surface area contributed by atoms with Gasteiger partial charge >= 0.3 is 12.1 Å². The van der Waals surface area contributed by atoms with Crippen molar-refractivity contribution in [3.63, 3.8) is 0 Å². The molecule has 0 aliphatic carbocycles. The second-order valence-electron chi connectivity index (χ2n) is 10.00. The van der Waals surface area contributed by atoms with E-state index in [9.17, 15) is 14.4 Å². The fourth-order valence-electron chi connectivity index (χ4n) is 2.49. The topological polar surface area (TPSA) is 90.9 Å². The van der Waals surface area contributed by atoms with E-state index in [0.717, 1.165) is 0 Å². The molecule has 1 N–H and O–H groups in total. The minimum atomic E-state index is -1.57. The lowest BCUT2D eigenvalue weighted by atomic mass is 9.22. The predicted octanol–water partition coefficient (Wildman–Crippen LogP) is -2.88. The van der Waals surface area contributed by atoms with Crippen LogP contribution in [-0.4, -0.2) is 81.0 Å². The zero-order valence-corrected chi connectivity index (χ0v) is 18.9. The van der Waals surface area contributed by atoms with Crippen molar-refractivity contribution in [2.45, 2.75) is 68.6 Å². The summed E-state index contributed by atoms with van der Waals surface area (Å²) >= 11 is 0. The molecule has 148 valence electrons. The van der Waals surface area contributed by atoms with Crippen molar-refractivity contribution in [3.05, 3.63) is 0 Å². The Morgan fingerprint density at radius 3 is 1.48 bits per heavy atom. The van der Waals surface area contributed by atoms with Gasteiger partial charge in [0.25, 0.3) is 5.97 Å². The van der Waals surface area contributed by atoms with Gasteiger partial charge in [0.2, 0.25) is 0 Å². The maximum absolute atomic E-state index is 13.1. The third-order valence-electron chi connectivity index (χ3n) is 5.07. The maximum atomic E-state index is 13.1. The number of amides is 1. The molecule has 0 aliphatic heterocycles. The quantitative estimate of drug-likeness (QED) is 0.315. The van der Waals surface area contributed by atoms with Gasteiger partial charge in [0.05, 0.1) is 12.5 Å². The SMILES string of the molecule is BC(B)(C(=O)OC)C(B)(B)[C@](B)(NC(=O)OC(C)(C)C)C(=O)OC(C)(C)C. The molecule has 1 amide bonds. The molecule has 0 aromatic carbocycles. The Labute approximate surface area is 167 Å². The Morgan fingerprint density at radius 2 is 1.15 bits per heavy atom. The number of rotatable bonds is 5. The summed E-state index contributed by atoms with van der Waals surface area (Å²) in [7, 11) is 9.58. The van der Waals surface area contributed by atoms with Crippen LogP contribution in [0.3, 0.4) is 0 Å². The highest BCUT2D eigenvalue weighted by molar-refractivity contribution is 6.64. The van der Waals surface area contributed by atoms with Crippen molar-refractivity contribution in [3.8, 4) is 0 Å². The van der Waals surface area contributed by atoms with Crippen molar-refractivity contribution in [1.29, 1.82) is 0 Å². The first kappa shape index (κ1) is 25.5. The van der Waals surface area contributed by atoms with Crippen LogP contribution in [0.25, 0.3) is 0 Å². The van der Waals surface area contributed by atoms with Crippen LogP contribution in [-0.2, 0) is 23.8 Å². The molecule has 0 bridgehead atoms. The predicted molar refractivity (Wildman–Crippen MR) is 118 cm³/mol. The summed E-state index contributed by atoms with van der Waals surface area (Å²) in [6.45, 7) is 10.4. The van der Waals surface area contributed by atoms with Gasteiger partial charge in [0.15, 0.2) is 0 Å². The van der Waals surface area contributed by atoms with Crippen LogP contribution in [0.15, 0.2) is 0 Å². The Balaban J connectivity index is 6.23. The van der Waals surface area contributed by atoms with Crippen LogP contribution < -0.4 is 5.32 Å². The van der Waals surface area contributed by atoms with Gasteiger partial charge in [-0.05, 0) is 41.5 Å². The van der Waals surface area contributed by atoms with E-state index in [1.807, 2.05) is 0 Å². The average molecular weight is 376 g/mol. The van der Waals surface area contributed by atoms with E-state index in [-0.39, 0.29) is 0 Å². The smallest absolute Gasteiger partial charge is 0.407 e. The fourth-order valence-corrected chi connectivity index (χ4v) is 2.49. The first-order valence-corrected chi connectivity index (χ1v) is 9.04. The van der Waals surface area contributed by atoms with Crippen LogP contribution in [0.5, 0.6) is 0 Å². The molecular formula is C15H32B5NO6. The molecule has 0 aromatic heterocycles. The average Bonchev–Trinajstić information content (AvgIpc) is 2.41. The first-order valence-electron chi connectivity index (χ1n) is 9.04. The zero-order chi connectivity index (χ0) is 22.1. The lowest BCUT2D eigenvalue weighted by Gasteiger charge is -2.51. The molecule has 1 atom stereocenters. The van der Waals surface area contributed by atoms with E-state index in [1.165, 1.54) is 15.0 Å². The third kappa shape index (κ3) is 6.01. The molecule has 0 rings (SSSR count). The number of alkyl carbamates (subject to hydrolysis) is 1. The number of ether oxygens (including phenoxy) is 3. The molecule has 0 heterocycles. The molecule has 12 heteroatoms. The number of hydrogen-bond donors (Lipinski definition) is 1. The third-order valence-corrected chi connectivity index (χ3v) is 5.07. The van der Waals surface area contributed by atoms with E-state index in [2.05, 4.69) is 5.32 Å². The van der Waals surface area contributed by atoms with Gasteiger partial charge in [-0.3, -0.25) is 9.59 Å². The van der Waals surface area contributed by atoms with Crippen molar-refractivity contribution in [2.75, 3.05) is 7.11 Å². The molecule has 0 saturated carbocycles. The first-order chi connectivity index (χ1) is 11.7. The standard InChI is InChI=1S/C15H32B5NO6/c1-11(2,3)26-9(23)14(18,21-10(24)27-12(4,5)6)15(19,20)13(16,17)8(22)25-7/h16-20H2,1-7H3,(H,21,24)/t14-/m1/s1. The summed E-state index contributed by atoms with van der Waals surface area (Å²) < 4.78 is 15.8. The highest BCUT2D eigenvalue weighted by Crippen LogP contribution is 2.50. The molecule has 0 fully saturated rings. The van der Waals surface area contributed by atoms with Gasteiger partial charge in [-0.1, -0.05) is 5.21 Å². The summed E-state index contributed by atoms with van der Waals surface area (Å²) in [6, 6.07) is 0. The van der Waals surface area contributed by atoms with Gasteiger partial charge < -0.3 is 19.5 Å². The van der Waals surface area contributed by atoms with Crippen LogP contribution in [0.4, 0.5) is 4.79 Å². The normalized spacial score (nSPS) is 15.2. The molecule has 0 aliphatic rings. The summed E-state index contributed by atoms with van der Waals surface area (Å²) in [5.41, 5.74) is -3.10. The van der Waals surface area contributed by atoms with Crippen molar-refractivity contribution in [1.82, 2.24) is 5.32 Å². The van der Waals surface area contributed by atoms with E-state index < -0.39 is 45.1 Å². The van der Waals surface area contributed by atoms with E-state index >= 15 is 0 Å². The number of nitrogens with one attached hydrogen (secondary N) is 1. The highest BCUT2D eigenvalue weighted by Gasteiger charge is 2.59. The van der Waals surface area contributed by atoms with Crippen LogP contribution in [0.2, 0.25) is 10.4 Å². The monoisotopic (exact) mass is 377 g/mol. The second kappa shape index (κ2) is 7.88. The lowest BCUT2D eigenvalue weighted by molar-refractivity contribution is -0.160. The van der Waals surface area contributed by atoms with Crippen molar-refractivity contribution in [2.24, 2.45) is 0 Å². The van der Waals surface area contributed by atoms with Crippen molar-refractivity contribution < 1.29 is 28.6 Å². The summed E-state index contributed by atoms with van der Waals surface area (Å²) in [6.07, 6.45) is -0.774. The molecule has 0 unspecified atom stereocenters. The molecule has 0 saturated heterocycles. The van der Waals surface area contributed by atoms with E-state index in [4.69, 9.17) is 14.2 Å². The summed E-state index contributed by atoms with van der Waals surface area (Å²) in [5.74, 6) is -1.17. The zero-order valence-electron chi connectivity index (χ0n) is 18.9. The van der Waals surface area contributed by atoms with Gasteiger partial charge in [-0.15, -0.1) is 0 Å². The second-order valence-corrected chi connectivity index (χ2v) is 10.00. The minimum absolute atomic E-state index is 0.506. The van der Waals surface area contributed by atoms with Crippen LogP contribution in [0.1, 0.15) is 41.5 Å². The van der Waals surface area contributed by atoms with Gasteiger partial charge in [-0.2, -0.15) is 0 Å². The van der Waals surface area contributed by atoms with Crippen LogP contribution in [0, 0.1) is 0 Å². The fraction of sp³-hybridized carbons (Fsp3) is 0.800. The Hall–Kier alpha value is -1.47. The molecule has 0 spiro atoms. The van der Waals surface area contributed by atoms with Gasteiger partial charge in [-0.25, -0.2) is 4.79 Å². The highest BCUT2D eigenvalue weighted by atomic mass is 16.6. The number of esters is 2. The molecule has 7 nitrogen and oxygen atoms in total. The molecule has 0 aromatic rings. The summed E-state index contributed by atoms with van der Waals surface area (Å²) in [5, 5.41) is 0.441. The van der Waals surface area contributed by atoms with Crippen molar-refractivity contribution >= 4 is 57.3 Å². The molecule has 0 radical (unpaired) electrons. The maximum Gasteiger partial charge on any atom is 0.407 e. The minimum Gasteiger partial charge on any atom is -0.470 e. The van der Waals surface area contributed by atoms with E-state index in [1.54, 1.807) is 72.9 Å². The molecular weight excluding hydrogens is 344 g/mol. The number of hydrogen-bond acceptors (Lipinski definition) is 6.